The minimum atomic E-state index is -0.264. The number of amides is 3. The molecule has 5 fully saturated rings. The summed E-state index contributed by atoms with van der Waals surface area (Å²) in [6.45, 7) is 2.78. The number of piperazine rings is 1. The highest BCUT2D eigenvalue weighted by molar-refractivity contribution is 5.97. The monoisotopic (exact) mass is 532 g/mol. The Balaban J connectivity index is 0.000000410. The van der Waals surface area contributed by atoms with E-state index in [1.807, 2.05) is 18.3 Å². The van der Waals surface area contributed by atoms with Crippen LogP contribution >= 0.6 is 0 Å². The van der Waals surface area contributed by atoms with Crippen molar-refractivity contribution in [1.82, 2.24) is 19.8 Å². The summed E-state index contributed by atoms with van der Waals surface area (Å²) in [7, 11) is 0. The van der Waals surface area contributed by atoms with Crippen molar-refractivity contribution >= 4 is 40.3 Å². The van der Waals surface area contributed by atoms with E-state index in [0.29, 0.717) is 31.0 Å². The lowest BCUT2D eigenvalue weighted by Crippen LogP contribution is -2.56. The number of nitriles is 1. The Morgan fingerprint density at radius 3 is 2.41 bits per heavy atom. The van der Waals surface area contributed by atoms with Crippen molar-refractivity contribution in [3.63, 3.8) is 0 Å². The average Bonchev–Trinajstić information content (AvgIpc) is 3.84. The second-order valence-corrected chi connectivity index (χ2v) is 11.5. The number of primary amides is 1. The van der Waals surface area contributed by atoms with Crippen LogP contribution in [-0.4, -0.2) is 81.8 Å². The maximum absolute atomic E-state index is 13.0. The third-order valence-corrected chi connectivity index (χ3v) is 8.70. The first kappa shape index (κ1) is 25.6. The van der Waals surface area contributed by atoms with Gasteiger partial charge in [-0.2, -0.15) is 5.26 Å². The van der Waals surface area contributed by atoms with E-state index < -0.39 is 0 Å². The molecule has 3 saturated heterocycles. The van der Waals surface area contributed by atoms with Crippen LogP contribution in [0.15, 0.2) is 18.3 Å². The second-order valence-electron chi connectivity index (χ2n) is 11.5. The second kappa shape index (κ2) is 10.5. The number of nitrogens with one attached hydrogen (secondary N) is 2. The first-order chi connectivity index (χ1) is 18.9. The van der Waals surface area contributed by atoms with E-state index in [-0.39, 0.29) is 35.6 Å². The Bertz CT molecular complexity index is 1300. The van der Waals surface area contributed by atoms with Gasteiger partial charge in [-0.3, -0.25) is 19.3 Å². The van der Waals surface area contributed by atoms with E-state index in [9.17, 15) is 19.6 Å². The van der Waals surface area contributed by atoms with Crippen LogP contribution in [0.2, 0.25) is 0 Å². The number of anilines is 2. The molecule has 11 nitrogen and oxygen atoms in total. The fraction of sp³-hybridized carbons (Fsp3) is 0.607. The zero-order valence-electron chi connectivity index (χ0n) is 22.1. The molecule has 2 aliphatic carbocycles. The zero-order valence-corrected chi connectivity index (χ0v) is 22.1. The molecule has 0 radical (unpaired) electrons. The predicted molar refractivity (Wildman–Crippen MR) is 145 cm³/mol. The van der Waals surface area contributed by atoms with Crippen molar-refractivity contribution in [1.29, 1.82) is 5.26 Å². The van der Waals surface area contributed by atoms with Gasteiger partial charge in [-0.1, -0.05) is 0 Å². The van der Waals surface area contributed by atoms with E-state index >= 15 is 0 Å². The molecule has 206 valence electrons. The number of carbonyl (C=O) groups excluding carboxylic acids is 3. The van der Waals surface area contributed by atoms with Gasteiger partial charge in [0.05, 0.1) is 18.3 Å². The van der Waals surface area contributed by atoms with Crippen molar-refractivity contribution in [2.24, 2.45) is 17.6 Å². The van der Waals surface area contributed by atoms with Crippen LogP contribution in [0, 0.1) is 23.2 Å². The molecule has 2 aromatic rings. The Hall–Kier alpha value is -3.65. The highest BCUT2D eigenvalue weighted by atomic mass is 16.2. The number of aromatic amines is 1. The number of pyridine rings is 1. The Morgan fingerprint density at radius 2 is 1.79 bits per heavy atom. The number of H-pyrrole nitrogens is 1. The third kappa shape index (κ3) is 5.43. The van der Waals surface area contributed by atoms with Gasteiger partial charge in [0.1, 0.15) is 17.5 Å². The predicted octanol–water partition coefficient (Wildman–Crippen LogP) is 1.96. The van der Waals surface area contributed by atoms with Gasteiger partial charge >= 0.3 is 0 Å². The fourth-order valence-electron chi connectivity index (χ4n) is 6.18. The Labute approximate surface area is 227 Å². The molecule has 39 heavy (non-hydrogen) atoms. The van der Waals surface area contributed by atoms with E-state index in [1.165, 1.54) is 0 Å². The van der Waals surface area contributed by atoms with E-state index in [4.69, 9.17) is 5.73 Å². The van der Waals surface area contributed by atoms with Gasteiger partial charge in [0, 0.05) is 61.2 Å². The van der Waals surface area contributed by atoms with Gasteiger partial charge in [-0.05, 0) is 57.4 Å². The van der Waals surface area contributed by atoms with E-state index in [0.717, 1.165) is 81.2 Å². The Morgan fingerprint density at radius 1 is 1.08 bits per heavy atom. The summed E-state index contributed by atoms with van der Waals surface area (Å²) >= 11 is 0. The van der Waals surface area contributed by atoms with Gasteiger partial charge in [-0.25, -0.2) is 4.98 Å². The zero-order chi connectivity index (χ0) is 27.1. The number of nitrogens with two attached hydrogens (primary N) is 1. The van der Waals surface area contributed by atoms with Crippen LogP contribution in [-0.2, 0) is 14.4 Å². The lowest BCUT2D eigenvalue weighted by atomic mass is 10.1. The van der Waals surface area contributed by atoms with Crippen LogP contribution in [0.3, 0.4) is 0 Å². The summed E-state index contributed by atoms with van der Waals surface area (Å²) in [5.41, 5.74) is 6.72. The summed E-state index contributed by atoms with van der Waals surface area (Å²) in [5.74, 6) is 0.980. The van der Waals surface area contributed by atoms with Crippen LogP contribution in [0.25, 0.3) is 11.0 Å². The van der Waals surface area contributed by atoms with Crippen molar-refractivity contribution in [3.05, 3.63) is 18.3 Å². The third-order valence-electron chi connectivity index (χ3n) is 8.70. The SMILES string of the molecule is N#C[C@H]1CCCN1C(=O)CN1C2CCC1CN(c1cc(NC(=O)C3CC3)nc3[nH]ccc13)C2.NC(=O)C1CC1. The number of rotatable bonds is 6. The molecular weight excluding hydrogens is 496 g/mol. The molecule has 2 saturated carbocycles. The smallest absolute Gasteiger partial charge is 0.237 e. The molecule has 4 N–H and O–H groups in total. The van der Waals surface area contributed by atoms with Gasteiger partial charge < -0.3 is 25.8 Å². The molecule has 0 aromatic carbocycles. The van der Waals surface area contributed by atoms with Crippen LogP contribution in [0.5, 0.6) is 0 Å². The number of aromatic nitrogens is 2. The lowest BCUT2D eigenvalue weighted by Gasteiger charge is -2.42. The van der Waals surface area contributed by atoms with Crippen molar-refractivity contribution in [3.8, 4) is 6.07 Å². The molecular formula is C28H36N8O3. The van der Waals surface area contributed by atoms with Crippen molar-refractivity contribution < 1.29 is 14.4 Å². The molecule has 3 aliphatic heterocycles. The topological polar surface area (TPSA) is 151 Å². The maximum Gasteiger partial charge on any atom is 0.237 e. The molecule has 5 heterocycles. The molecule has 3 atom stereocenters. The Kier molecular flexibility index (Phi) is 6.89. The van der Waals surface area contributed by atoms with Crippen molar-refractivity contribution in [2.75, 3.05) is 36.4 Å². The normalized spacial score (nSPS) is 26.2. The van der Waals surface area contributed by atoms with Crippen LogP contribution in [0.1, 0.15) is 51.4 Å². The molecule has 2 bridgehead atoms. The van der Waals surface area contributed by atoms with Gasteiger partial charge in [-0.15, -0.1) is 0 Å². The summed E-state index contributed by atoms with van der Waals surface area (Å²) in [4.78, 5) is 49.6. The number of hydrogen-bond donors (Lipinski definition) is 3. The average molecular weight is 533 g/mol. The summed E-state index contributed by atoms with van der Waals surface area (Å²) in [5, 5.41) is 13.4. The quantitative estimate of drug-likeness (QED) is 0.514. The molecule has 2 aromatic heterocycles. The molecule has 0 spiro atoms. The summed E-state index contributed by atoms with van der Waals surface area (Å²) in [6, 6.07) is 6.67. The molecule has 11 heteroatoms. The number of hydrogen-bond acceptors (Lipinski definition) is 7. The van der Waals surface area contributed by atoms with Crippen molar-refractivity contribution in [2.45, 2.75) is 69.5 Å². The van der Waals surface area contributed by atoms with Crippen LogP contribution < -0.4 is 16.0 Å². The maximum atomic E-state index is 13.0. The first-order valence-corrected chi connectivity index (χ1v) is 14.2. The summed E-state index contributed by atoms with van der Waals surface area (Å²) in [6.07, 6.45) is 9.70. The first-order valence-electron chi connectivity index (χ1n) is 14.2. The minimum Gasteiger partial charge on any atom is -0.369 e. The number of likely N-dealkylation sites (tertiary alicyclic amines) is 1. The number of fused-ring (bicyclic) bond motifs is 3. The molecule has 2 unspecified atom stereocenters. The molecule has 5 aliphatic rings. The van der Waals surface area contributed by atoms with Gasteiger partial charge in [0.15, 0.2) is 0 Å². The molecule has 3 amide bonds. The van der Waals surface area contributed by atoms with E-state index in [1.54, 1.807) is 4.90 Å². The fourth-order valence-corrected chi connectivity index (χ4v) is 6.18. The largest absolute Gasteiger partial charge is 0.369 e. The minimum absolute atomic E-state index is 0.0559. The van der Waals surface area contributed by atoms with Gasteiger partial charge in [0.2, 0.25) is 17.7 Å². The number of nitrogens with zero attached hydrogens (tertiary/aromatic N) is 5. The number of carbonyl (C=O) groups is 3. The highest BCUT2D eigenvalue weighted by Crippen LogP contribution is 2.37. The standard InChI is InChI=1S/C24H29N7O2.C4H7NO/c25-11-16-2-1-9-30(16)22(32)14-31-17-5-6-18(31)13-29(12-17)20-10-21(28-24(33)15-3-4-15)27-23-19(20)7-8-26-23;5-4(6)3-1-2-3/h7-8,10,15-18H,1-6,9,12-14H2,(H2,26,27,28,33);3H,1-2H2,(H2,5,6)/t16-,17?,18?;/m1./s1. The van der Waals surface area contributed by atoms with E-state index in [2.05, 4.69) is 31.2 Å². The van der Waals surface area contributed by atoms with Gasteiger partial charge in [0.25, 0.3) is 0 Å². The summed E-state index contributed by atoms with van der Waals surface area (Å²) < 4.78 is 0. The molecule has 7 rings (SSSR count). The lowest BCUT2D eigenvalue weighted by molar-refractivity contribution is -0.133. The highest BCUT2D eigenvalue weighted by Gasteiger charge is 2.42. The van der Waals surface area contributed by atoms with Crippen LogP contribution in [0.4, 0.5) is 11.5 Å².